The van der Waals surface area contributed by atoms with Crippen molar-refractivity contribution in [2.24, 2.45) is 0 Å². The number of hydrogen-bond donors (Lipinski definition) is 0. The van der Waals surface area contributed by atoms with Crippen LogP contribution >= 0.6 is 0 Å². The molecule has 0 saturated heterocycles. The van der Waals surface area contributed by atoms with Crippen LogP contribution in [0.4, 0.5) is 17.1 Å². The molecule has 10 aromatic carbocycles. The number of nitrogens with zero attached hydrogens (tertiary/aromatic N) is 1. The summed E-state index contributed by atoms with van der Waals surface area (Å²) < 4.78 is 6.78. The zero-order valence-electron chi connectivity index (χ0n) is 33.2. The molecule has 2 aliphatic rings. The number of rotatable bonds is 5. The van der Waals surface area contributed by atoms with Crippen LogP contribution in [-0.4, -0.2) is 0 Å². The second-order valence-corrected chi connectivity index (χ2v) is 16.4. The summed E-state index contributed by atoms with van der Waals surface area (Å²) >= 11 is 0. The van der Waals surface area contributed by atoms with Gasteiger partial charge in [0.1, 0.15) is 11.2 Å². The summed E-state index contributed by atoms with van der Waals surface area (Å²) in [4.78, 5) is 2.43. The van der Waals surface area contributed by atoms with Crippen LogP contribution in [0, 0.1) is 0 Å². The quantitative estimate of drug-likeness (QED) is 0.173. The average Bonchev–Trinajstić information content (AvgIpc) is 3.96. The van der Waals surface area contributed by atoms with Gasteiger partial charge in [0.15, 0.2) is 0 Å². The summed E-state index contributed by atoms with van der Waals surface area (Å²) in [6.07, 6.45) is 0. The predicted molar refractivity (Wildman–Crippen MR) is 253 cm³/mol. The maximum Gasteiger partial charge on any atom is 0.143 e. The summed E-state index contributed by atoms with van der Waals surface area (Å²) in [6.45, 7) is 0. The second kappa shape index (κ2) is 13.0. The third-order valence-corrected chi connectivity index (χ3v) is 13.3. The van der Waals surface area contributed by atoms with Crippen LogP contribution in [0.25, 0.3) is 77.2 Å². The van der Waals surface area contributed by atoms with Crippen LogP contribution in [0.5, 0.6) is 0 Å². The van der Waals surface area contributed by atoms with E-state index in [-0.39, 0.29) is 0 Å². The molecule has 61 heavy (non-hydrogen) atoms. The van der Waals surface area contributed by atoms with Crippen molar-refractivity contribution in [3.63, 3.8) is 0 Å². The van der Waals surface area contributed by atoms with E-state index in [4.69, 9.17) is 4.42 Å². The molecule has 1 spiro atoms. The molecule has 2 heteroatoms. The number of hydrogen-bond acceptors (Lipinski definition) is 2. The molecule has 0 amide bonds. The van der Waals surface area contributed by atoms with Gasteiger partial charge in [-0.25, -0.2) is 0 Å². The highest BCUT2D eigenvalue weighted by Crippen LogP contribution is 2.63. The van der Waals surface area contributed by atoms with Crippen LogP contribution in [-0.2, 0) is 5.41 Å². The topological polar surface area (TPSA) is 16.4 Å². The molecule has 0 fully saturated rings. The van der Waals surface area contributed by atoms with Crippen molar-refractivity contribution in [3.05, 3.63) is 247 Å². The number of furan rings is 1. The fourth-order valence-corrected chi connectivity index (χ4v) is 10.7. The standard InChI is InChI=1S/C59H37NO/c1-3-15-38(16-4-1)39-27-29-41(30-28-39)60(42-32-34-57-51(35-42)52-37-50(40-17-5-2-6-18-40)44-19-7-8-23-49(44)58(52)61-57)43-31-33-48-47-22-11-14-26-55(47)59(56(48)36-43)53-24-12-9-20-45(53)46-21-10-13-25-54(46)59/h1-37H. The number of fused-ring (bicyclic) bond motifs is 15. The molecule has 0 bridgehead atoms. The number of benzene rings is 10. The van der Waals surface area contributed by atoms with E-state index in [0.717, 1.165) is 44.4 Å². The van der Waals surface area contributed by atoms with Gasteiger partial charge < -0.3 is 9.32 Å². The molecule has 0 radical (unpaired) electrons. The highest BCUT2D eigenvalue weighted by atomic mass is 16.3. The maximum atomic E-state index is 6.78. The van der Waals surface area contributed by atoms with Crippen molar-refractivity contribution < 1.29 is 4.42 Å². The van der Waals surface area contributed by atoms with Crippen molar-refractivity contribution in [2.45, 2.75) is 5.41 Å². The average molecular weight is 776 g/mol. The Morgan fingerprint density at radius 1 is 0.295 bits per heavy atom. The first-order valence-electron chi connectivity index (χ1n) is 21.1. The summed E-state index contributed by atoms with van der Waals surface area (Å²) in [5.41, 5.74) is 19.9. The van der Waals surface area contributed by atoms with E-state index in [1.807, 2.05) is 0 Å². The van der Waals surface area contributed by atoms with Crippen LogP contribution in [0.2, 0.25) is 0 Å². The molecule has 0 unspecified atom stereocenters. The van der Waals surface area contributed by atoms with Gasteiger partial charge in [-0.1, -0.05) is 176 Å². The highest BCUT2D eigenvalue weighted by molar-refractivity contribution is 6.19. The monoisotopic (exact) mass is 775 g/mol. The normalized spacial score (nSPS) is 13.0. The predicted octanol–water partition coefficient (Wildman–Crippen LogP) is 15.9. The first kappa shape index (κ1) is 34.0. The third kappa shape index (κ3) is 4.85. The van der Waals surface area contributed by atoms with Crippen molar-refractivity contribution in [1.82, 2.24) is 0 Å². The molecule has 0 N–H and O–H groups in total. The minimum atomic E-state index is -0.447. The second-order valence-electron chi connectivity index (χ2n) is 16.4. The van der Waals surface area contributed by atoms with Gasteiger partial charge in [-0.15, -0.1) is 0 Å². The number of anilines is 3. The van der Waals surface area contributed by atoms with Gasteiger partial charge in [0.2, 0.25) is 0 Å². The zero-order valence-corrected chi connectivity index (χ0v) is 33.2. The fourth-order valence-electron chi connectivity index (χ4n) is 10.7. The lowest BCUT2D eigenvalue weighted by molar-refractivity contribution is 0.672. The first-order chi connectivity index (χ1) is 30.3. The minimum absolute atomic E-state index is 0.447. The van der Waals surface area contributed by atoms with Gasteiger partial charge in [0.25, 0.3) is 0 Å². The van der Waals surface area contributed by atoms with E-state index < -0.39 is 5.41 Å². The molecule has 1 heterocycles. The zero-order chi connectivity index (χ0) is 40.1. The lowest BCUT2D eigenvalue weighted by atomic mass is 9.70. The summed E-state index contributed by atoms with van der Waals surface area (Å²) in [6, 6.07) is 82.2. The van der Waals surface area contributed by atoms with E-state index in [2.05, 4.69) is 229 Å². The Bertz CT molecular complexity index is 3460. The van der Waals surface area contributed by atoms with Crippen molar-refractivity contribution in [3.8, 4) is 44.5 Å². The molecular weight excluding hydrogens is 739 g/mol. The minimum Gasteiger partial charge on any atom is -0.455 e. The molecule has 1 aromatic heterocycles. The molecule has 0 saturated carbocycles. The van der Waals surface area contributed by atoms with E-state index in [1.165, 1.54) is 72.1 Å². The Kier molecular flexibility index (Phi) is 7.26. The first-order valence-corrected chi connectivity index (χ1v) is 21.1. The van der Waals surface area contributed by atoms with E-state index in [0.29, 0.717) is 0 Å². The molecule has 2 nitrogen and oxygen atoms in total. The van der Waals surface area contributed by atoms with Crippen LogP contribution in [0.15, 0.2) is 229 Å². The summed E-state index contributed by atoms with van der Waals surface area (Å²) in [5.74, 6) is 0. The summed E-state index contributed by atoms with van der Waals surface area (Å²) in [5, 5.41) is 4.50. The van der Waals surface area contributed by atoms with Crippen molar-refractivity contribution in [1.29, 1.82) is 0 Å². The Balaban J connectivity index is 1.06. The van der Waals surface area contributed by atoms with Crippen LogP contribution in [0.1, 0.15) is 22.3 Å². The molecule has 13 rings (SSSR count). The third-order valence-electron chi connectivity index (χ3n) is 13.3. The largest absolute Gasteiger partial charge is 0.455 e. The molecule has 11 aromatic rings. The van der Waals surface area contributed by atoms with Gasteiger partial charge in [-0.3, -0.25) is 0 Å². The van der Waals surface area contributed by atoms with Gasteiger partial charge >= 0.3 is 0 Å². The van der Waals surface area contributed by atoms with E-state index in [1.54, 1.807) is 0 Å². The van der Waals surface area contributed by atoms with E-state index >= 15 is 0 Å². The molecule has 284 valence electrons. The Morgan fingerprint density at radius 3 is 1.44 bits per heavy atom. The lowest BCUT2D eigenvalue weighted by Crippen LogP contribution is -2.26. The van der Waals surface area contributed by atoms with Gasteiger partial charge in [0, 0.05) is 33.2 Å². The SMILES string of the molecule is c1ccc(-c2ccc(N(c3ccc4c(c3)C3(c5ccccc5-c5ccccc53)c3ccccc3-4)c3ccc4oc5c6ccccc6c(-c6ccccc6)cc5c4c3)cc2)cc1. The molecule has 0 aliphatic heterocycles. The fraction of sp³-hybridized carbons (Fsp3) is 0.0169. The van der Waals surface area contributed by atoms with Crippen LogP contribution in [0.3, 0.4) is 0 Å². The summed E-state index contributed by atoms with van der Waals surface area (Å²) in [7, 11) is 0. The highest BCUT2D eigenvalue weighted by Gasteiger charge is 2.51. The molecular formula is C59H37NO. The van der Waals surface area contributed by atoms with Crippen LogP contribution < -0.4 is 4.90 Å². The van der Waals surface area contributed by atoms with Gasteiger partial charge in [-0.2, -0.15) is 0 Å². The molecule has 2 aliphatic carbocycles. The smallest absolute Gasteiger partial charge is 0.143 e. The maximum absolute atomic E-state index is 6.78. The van der Waals surface area contributed by atoms with Gasteiger partial charge in [0.05, 0.1) is 5.41 Å². The van der Waals surface area contributed by atoms with Crippen molar-refractivity contribution >= 4 is 49.8 Å². The molecule has 0 atom stereocenters. The Hall–Kier alpha value is -7.94. The Labute approximate surface area is 354 Å². The van der Waals surface area contributed by atoms with E-state index in [9.17, 15) is 0 Å². The lowest BCUT2D eigenvalue weighted by Gasteiger charge is -2.32. The van der Waals surface area contributed by atoms with Gasteiger partial charge in [-0.05, 0) is 121 Å². The van der Waals surface area contributed by atoms with Crippen molar-refractivity contribution in [2.75, 3.05) is 4.90 Å². The Morgan fingerprint density at radius 2 is 0.787 bits per heavy atom.